The summed E-state index contributed by atoms with van der Waals surface area (Å²) < 4.78 is 0. The largest absolute Gasteiger partial charge is 0.398 e. The molecule has 0 saturated heterocycles. The van der Waals surface area contributed by atoms with Crippen molar-refractivity contribution >= 4 is 22.3 Å². The SMILES string of the molecule is CCC(C)N(C)c1ccc(N)c2cccnc12. The third kappa shape index (κ3) is 2.05. The second kappa shape index (κ2) is 4.62. The molecule has 1 unspecified atom stereocenters. The molecule has 0 radical (unpaired) electrons. The second-order valence-electron chi connectivity index (χ2n) is 4.44. The number of pyridine rings is 1. The van der Waals surface area contributed by atoms with E-state index < -0.39 is 0 Å². The van der Waals surface area contributed by atoms with E-state index >= 15 is 0 Å². The smallest absolute Gasteiger partial charge is 0.0955 e. The van der Waals surface area contributed by atoms with Crippen LogP contribution >= 0.6 is 0 Å². The van der Waals surface area contributed by atoms with Gasteiger partial charge < -0.3 is 10.6 Å². The van der Waals surface area contributed by atoms with Gasteiger partial charge in [-0.15, -0.1) is 0 Å². The van der Waals surface area contributed by atoms with Gasteiger partial charge in [0.05, 0.1) is 11.2 Å². The van der Waals surface area contributed by atoms with Crippen molar-refractivity contribution in [2.24, 2.45) is 0 Å². The Morgan fingerprint density at radius 3 is 2.82 bits per heavy atom. The topological polar surface area (TPSA) is 42.1 Å². The number of rotatable bonds is 3. The molecule has 0 saturated carbocycles. The van der Waals surface area contributed by atoms with Crippen molar-refractivity contribution in [1.29, 1.82) is 0 Å². The Morgan fingerprint density at radius 1 is 1.35 bits per heavy atom. The van der Waals surface area contributed by atoms with Crippen molar-refractivity contribution in [2.45, 2.75) is 26.3 Å². The first-order valence-corrected chi connectivity index (χ1v) is 6.01. The van der Waals surface area contributed by atoms with Crippen LogP contribution < -0.4 is 10.6 Å². The molecule has 1 aromatic carbocycles. The molecule has 1 aromatic heterocycles. The molecule has 0 aliphatic carbocycles. The summed E-state index contributed by atoms with van der Waals surface area (Å²) in [5, 5.41) is 1.03. The highest BCUT2D eigenvalue weighted by molar-refractivity contribution is 5.98. The molecule has 0 fully saturated rings. The Labute approximate surface area is 102 Å². The fraction of sp³-hybridized carbons (Fsp3) is 0.357. The van der Waals surface area contributed by atoms with E-state index in [2.05, 4.69) is 36.8 Å². The van der Waals surface area contributed by atoms with Gasteiger partial charge in [0.2, 0.25) is 0 Å². The number of anilines is 2. The zero-order chi connectivity index (χ0) is 12.4. The highest BCUT2D eigenvalue weighted by atomic mass is 15.1. The van der Waals surface area contributed by atoms with Gasteiger partial charge in [-0.1, -0.05) is 6.92 Å². The van der Waals surface area contributed by atoms with E-state index in [9.17, 15) is 0 Å². The van der Waals surface area contributed by atoms with Crippen LogP contribution in [-0.2, 0) is 0 Å². The van der Waals surface area contributed by atoms with Crippen LogP contribution in [0.15, 0.2) is 30.5 Å². The van der Waals surface area contributed by atoms with Crippen LogP contribution in [0.4, 0.5) is 11.4 Å². The minimum Gasteiger partial charge on any atom is -0.398 e. The molecule has 0 bridgehead atoms. The predicted molar refractivity (Wildman–Crippen MR) is 74.3 cm³/mol. The molecule has 0 aliphatic heterocycles. The van der Waals surface area contributed by atoms with Crippen LogP contribution in [0.1, 0.15) is 20.3 Å². The van der Waals surface area contributed by atoms with Gasteiger partial charge in [0.1, 0.15) is 0 Å². The van der Waals surface area contributed by atoms with E-state index in [-0.39, 0.29) is 0 Å². The summed E-state index contributed by atoms with van der Waals surface area (Å²) in [5.41, 5.74) is 8.89. The minimum atomic E-state index is 0.490. The third-order valence-electron chi connectivity index (χ3n) is 3.41. The van der Waals surface area contributed by atoms with Crippen molar-refractivity contribution in [3.05, 3.63) is 30.5 Å². The number of hydrogen-bond donors (Lipinski definition) is 1. The maximum absolute atomic E-state index is 5.98. The van der Waals surface area contributed by atoms with E-state index in [4.69, 9.17) is 5.73 Å². The van der Waals surface area contributed by atoms with Crippen molar-refractivity contribution in [3.8, 4) is 0 Å². The summed E-state index contributed by atoms with van der Waals surface area (Å²) in [4.78, 5) is 6.72. The Balaban J connectivity index is 2.59. The fourth-order valence-electron chi connectivity index (χ4n) is 1.98. The second-order valence-corrected chi connectivity index (χ2v) is 4.44. The quantitative estimate of drug-likeness (QED) is 0.822. The maximum atomic E-state index is 5.98. The number of nitrogens with zero attached hydrogens (tertiary/aromatic N) is 2. The average Bonchev–Trinajstić information content (AvgIpc) is 2.38. The average molecular weight is 229 g/mol. The number of aromatic nitrogens is 1. The van der Waals surface area contributed by atoms with E-state index in [1.165, 1.54) is 0 Å². The van der Waals surface area contributed by atoms with Gasteiger partial charge in [-0.3, -0.25) is 4.98 Å². The molecule has 3 heteroatoms. The van der Waals surface area contributed by atoms with Crippen LogP contribution in [0.3, 0.4) is 0 Å². The van der Waals surface area contributed by atoms with Gasteiger partial charge in [-0.2, -0.15) is 0 Å². The Bertz CT molecular complexity index is 522. The van der Waals surface area contributed by atoms with Gasteiger partial charge in [0, 0.05) is 30.4 Å². The molecule has 17 heavy (non-hydrogen) atoms. The molecule has 0 amide bonds. The molecule has 0 spiro atoms. The zero-order valence-electron chi connectivity index (χ0n) is 10.6. The zero-order valence-corrected chi connectivity index (χ0v) is 10.6. The number of hydrogen-bond acceptors (Lipinski definition) is 3. The first-order valence-electron chi connectivity index (χ1n) is 6.01. The van der Waals surface area contributed by atoms with Crippen LogP contribution in [0.5, 0.6) is 0 Å². The van der Waals surface area contributed by atoms with E-state index in [0.717, 1.165) is 28.7 Å². The third-order valence-corrected chi connectivity index (χ3v) is 3.41. The molecule has 3 nitrogen and oxygen atoms in total. The summed E-state index contributed by atoms with van der Waals surface area (Å²) in [6.45, 7) is 4.40. The molecule has 2 rings (SSSR count). The number of fused-ring (bicyclic) bond motifs is 1. The number of benzene rings is 1. The summed E-state index contributed by atoms with van der Waals surface area (Å²) in [5.74, 6) is 0. The van der Waals surface area contributed by atoms with Crippen LogP contribution in [0, 0.1) is 0 Å². The Morgan fingerprint density at radius 2 is 2.12 bits per heavy atom. The van der Waals surface area contributed by atoms with Crippen molar-refractivity contribution in [3.63, 3.8) is 0 Å². The lowest BCUT2D eigenvalue weighted by Crippen LogP contribution is -2.28. The summed E-state index contributed by atoms with van der Waals surface area (Å²) >= 11 is 0. The van der Waals surface area contributed by atoms with E-state index in [0.29, 0.717) is 6.04 Å². The summed E-state index contributed by atoms with van der Waals surface area (Å²) in [7, 11) is 2.10. The normalized spacial score (nSPS) is 12.6. The highest BCUT2D eigenvalue weighted by Crippen LogP contribution is 2.29. The summed E-state index contributed by atoms with van der Waals surface area (Å²) in [6.07, 6.45) is 2.92. The number of nitrogen functional groups attached to an aromatic ring is 1. The van der Waals surface area contributed by atoms with Crippen LogP contribution in [0.2, 0.25) is 0 Å². The maximum Gasteiger partial charge on any atom is 0.0955 e. The van der Waals surface area contributed by atoms with Crippen LogP contribution in [0.25, 0.3) is 10.9 Å². The highest BCUT2D eigenvalue weighted by Gasteiger charge is 2.12. The first-order chi connectivity index (χ1) is 8.15. The van der Waals surface area contributed by atoms with E-state index in [1.54, 1.807) is 0 Å². The molecular formula is C14H19N3. The van der Waals surface area contributed by atoms with Crippen LogP contribution in [-0.4, -0.2) is 18.1 Å². The van der Waals surface area contributed by atoms with Gasteiger partial charge in [-0.25, -0.2) is 0 Å². The molecule has 90 valence electrons. The number of nitrogens with two attached hydrogens (primary N) is 1. The standard InChI is InChI=1S/C14H19N3/c1-4-10(2)17(3)13-8-7-12(15)11-6-5-9-16-14(11)13/h5-10H,4,15H2,1-3H3. The first kappa shape index (κ1) is 11.7. The minimum absolute atomic E-state index is 0.490. The van der Waals surface area contributed by atoms with Crippen molar-refractivity contribution in [1.82, 2.24) is 4.98 Å². The monoisotopic (exact) mass is 229 g/mol. The Kier molecular flexibility index (Phi) is 3.18. The van der Waals surface area contributed by atoms with Gasteiger partial charge in [0.15, 0.2) is 0 Å². The Hall–Kier alpha value is -1.77. The molecule has 2 aromatic rings. The lowest BCUT2D eigenvalue weighted by atomic mass is 10.1. The van der Waals surface area contributed by atoms with Gasteiger partial charge >= 0.3 is 0 Å². The van der Waals surface area contributed by atoms with E-state index in [1.807, 2.05) is 24.4 Å². The molecule has 0 aliphatic rings. The lowest BCUT2D eigenvalue weighted by molar-refractivity contribution is 0.665. The van der Waals surface area contributed by atoms with Crippen molar-refractivity contribution in [2.75, 3.05) is 17.7 Å². The van der Waals surface area contributed by atoms with Gasteiger partial charge in [-0.05, 0) is 37.6 Å². The molecule has 2 N–H and O–H groups in total. The fourth-order valence-corrected chi connectivity index (χ4v) is 1.98. The lowest BCUT2D eigenvalue weighted by Gasteiger charge is -2.27. The van der Waals surface area contributed by atoms with Gasteiger partial charge in [0.25, 0.3) is 0 Å². The summed E-state index contributed by atoms with van der Waals surface area (Å²) in [6, 6.07) is 8.44. The van der Waals surface area contributed by atoms with Crippen molar-refractivity contribution < 1.29 is 0 Å². The predicted octanol–water partition coefficient (Wildman–Crippen LogP) is 3.05. The molecule has 1 atom stereocenters. The molecular weight excluding hydrogens is 210 g/mol. The molecule has 1 heterocycles.